The van der Waals surface area contributed by atoms with Crippen LogP contribution in [0.2, 0.25) is 0 Å². The van der Waals surface area contributed by atoms with E-state index in [2.05, 4.69) is 29.9 Å². The molecular formula is C21H25FN10O10P2S. The Labute approximate surface area is 256 Å². The van der Waals surface area contributed by atoms with Gasteiger partial charge in [0.25, 0.3) is 0 Å². The van der Waals surface area contributed by atoms with E-state index in [1.54, 1.807) is 0 Å². The number of aromatic nitrogens is 8. The highest BCUT2D eigenvalue weighted by Crippen LogP contribution is 2.56. The molecule has 3 aliphatic heterocycles. The second-order valence-electron chi connectivity index (χ2n) is 10.1. The largest absolute Gasteiger partial charge is 0.475 e. The summed E-state index contributed by atoms with van der Waals surface area (Å²) in [7, 11) is -3.53. The van der Waals surface area contributed by atoms with E-state index < -0.39 is 76.9 Å². The van der Waals surface area contributed by atoms with Gasteiger partial charge in [-0.25, -0.2) is 38.9 Å². The Morgan fingerprint density at radius 1 is 0.911 bits per heavy atom. The summed E-state index contributed by atoms with van der Waals surface area (Å²) < 4.78 is 71.7. The van der Waals surface area contributed by atoms with Gasteiger partial charge in [0.05, 0.1) is 25.9 Å². The van der Waals surface area contributed by atoms with Crippen LogP contribution in [-0.4, -0.2) is 106 Å². The fraction of sp³-hybridized carbons (Fsp3) is 0.524. The summed E-state index contributed by atoms with van der Waals surface area (Å²) in [6.45, 7) is -5.44. The Morgan fingerprint density at radius 3 is 2.11 bits per heavy atom. The van der Waals surface area contributed by atoms with Crippen LogP contribution in [0.3, 0.4) is 0 Å². The first-order chi connectivity index (χ1) is 21.5. The molecule has 4 aromatic rings. The zero-order chi connectivity index (χ0) is 31.7. The topological polar surface area (TPSA) is 261 Å². The van der Waals surface area contributed by atoms with E-state index in [0.29, 0.717) is 0 Å². The molecule has 0 saturated carbocycles. The van der Waals surface area contributed by atoms with Crippen LogP contribution in [0.5, 0.6) is 0 Å². The Balaban J connectivity index is 1.22. The van der Waals surface area contributed by atoms with Gasteiger partial charge >= 0.3 is 14.5 Å². The van der Waals surface area contributed by atoms with E-state index in [9.17, 15) is 14.6 Å². The Bertz CT molecular complexity index is 1850. The van der Waals surface area contributed by atoms with Gasteiger partial charge in [-0.2, -0.15) is 0 Å². The molecule has 0 aliphatic carbocycles. The average molecular weight is 691 g/mol. The van der Waals surface area contributed by atoms with Gasteiger partial charge in [-0.1, -0.05) is 0 Å². The molecule has 3 aliphatic rings. The van der Waals surface area contributed by atoms with E-state index >= 15 is 4.39 Å². The second kappa shape index (κ2) is 11.4. The van der Waals surface area contributed by atoms with Gasteiger partial charge in [0.2, 0.25) is 0 Å². The number of hydrogen-bond acceptors (Lipinski definition) is 18. The number of aliphatic hydroxyl groups is 1. The number of aliphatic hydroxyl groups excluding tert-OH is 1. The first kappa shape index (κ1) is 30.8. The highest BCUT2D eigenvalue weighted by atomic mass is 32.5. The van der Waals surface area contributed by atoms with Crippen molar-refractivity contribution < 1.29 is 51.0 Å². The Kier molecular flexibility index (Phi) is 7.83. The maximum absolute atomic E-state index is 16.1. The molecule has 7 rings (SSSR count). The summed E-state index contributed by atoms with van der Waals surface area (Å²) >= 11 is 5.25. The molecule has 0 radical (unpaired) electrons. The summed E-state index contributed by atoms with van der Waals surface area (Å²) in [6.07, 6.45) is -6.93. The van der Waals surface area contributed by atoms with Crippen LogP contribution in [0.1, 0.15) is 12.5 Å². The molecule has 6 N–H and O–H groups in total. The lowest BCUT2D eigenvalue weighted by molar-refractivity contribution is -0.0645. The highest BCUT2D eigenvalue weighted by Gasteiger charge is 2.54. The van der Waals surface area contributed by atoms with Crippen LogP contribution >= 0.6 is 14.5 Å². The van der Waals surface area contributed by atoms with Gasteiger partial charge < -0.3 is 35.5 Å². The van der Waals surface area contributed by atoms with Crippen molar-refractivity contribution in [3.05, 3.63) is 25.3 Å². The highest BCUT2D eigenvalue weighted by molar-refractivity contribution is 8.07. The third kappa shape index (κ3) is 5.39. The molecule has 7 heterocycles. The number of phosphoric ester groups is 1. The van der Waals surface area contributed by atoms with Gasteiger partial charge in [0, 0.05) is 7.11 Å². The molecule has 242 valence electrons. The fourth-order valence-electron chi connectivity index (χ4n) is 5.28. The molecule has 24 heteroatoms. The molecule has 3 fully saturated rings. The van der Waals surface area contributed by atoms with Crippen molar-refractivity contribution in [2.24, 2.45) is 0 Å². The molecular weight excluding hydrogens is 665 g/mol. The summed E-state index contributed by atoms with van der Waals surface area (Å²) in [5.74, 6) is 0.141. The third-order valence-corrected chi connectivity index (χ3v) is 10.4. The standard InChI is InChI=1S/C21H25FN10O10P2S/c1-36-43(34)37-2-8-13(33)15(21(39-8)32-7-30-12-17(24)26-5-28-19(12)32)42-44(35,45)38-3-9-14(41-43)10(22)20(40-9)31-6-29-11-16(23)25-4-27-18(11)31/h4-10,13-15,20-21,33H,2-3H2,1H3,(H,35,45)(H2,23,25,27)(H2,24,26,28)/t8-,9-,10?,13?,14?,15?,20?,21-,43?,44?/m1/s1. The van der Waals surface area contributed by atoms with Crippen molar-refractivity contribution in [2.45, 2.75) is 49.1 Å². The minimum Gasteiger partial charge on any atom is -0.387 e. The van der Waals surface area contributed by atoms with Crippen LogP contribution in [0, 0.1) is 0 Å². The number of halogens is 1. The number of alkyl halides is 1. The van der Waals surface area contributed by atoms with E-state index in [1.807, 2.05) is 0 Å². The summed E-state index contributed by atoms with van der Waals surface area (Å²) in [5.41, 5.74) is 12.6. The van der Waals surface area contributed by atoms with Gasteiger partial charge in [-0.05, 0) is 11.8 Å². The van der Waals surface area contributed by atoms with Gasteiger partial charge in [-0.15, -0.1) is 0 Å². The molecule has 2 bridgehead atoms. The van der Waals surface area contributed by atoms with Gasteiger partial charge in [0.1, 0.15) is 54.2 Å². The number of phosphoric acid groups is 1. The first-order valence-corrected chi connectivity index (χ1v) is 17.2. The van der Waals surface area contributed by atoms with Crippen molar-refractivity contribution in [1.82, 2.24) is 39.0 Å². The molecule has 10 atom stereocenters. The first-order valence-electron chi connectivity index (χ1n) is 13.1. The molecule has 4 aromatic heterocycles. The maximum Gasteiger partial charge on any atom is 0.475 e. The minimum absolute atomic E-state index is 0.0571. The molecule has 3 saturated heterocycles. The van der Waals surface area contributed by atoms with Gasteiger partial charge in [0.15, 0.2) is 41.6 Å². The number of fused-ring (bicyclic) bond motifs is 5. The lowest BCUT2D eigenvalue weighted by Gasteiger charge is -2.27. The van der Waals surface area contributed by atoms with Crippen LogP contribution < -0.4 is 11.5 Å². The molecule has 0 spiro atoms. The molecule has 0 aromatic carbocycles. The monoisotopic (exact) mass is 690 g/mol. The average Bonchev–Trinajstić information content (AvgIpc) is 3.77. The quantitative estimate of drug-likeness (QED) is 0.208. The normalized spacial score (nSPS) is 37.7. The van der Waals surface area contributed by atoms with Crippen molar-refractivity contribution in [3.63, 3.8) is 0 Å². The van der Waals surface area contributed by atoms with Gasteiger partial charge in [-0.3, -0.25) is 27.2 Å². The number of imidazole rings is 2. The number of anilines is 2. The summed E-state index contributed by atoms with van der Waals surface area (Å²) in [5, 5.41) is 11.2. The lowest BCUT2D eigenvalue weighted by atomic mass is 10.1. The lowest BCUT2D eigenvalue weighted by Crippen LogP contribution is -2.35. The number of nitrogens with two attached hydrogens (primary N) is 2. The van der Waals surface area contributed by atoms with E-state index in [0.717, 1.165) is 7.11 Å². The smallest absolute Gasteiger partial charge is 0.387 e. The van der Waals surface area contributed by atoms with Crippen molar-refractivity contribution in [1.29, 1.82) is 0 Å². The number of nitrogen functional groups attached to an aromatic ring is 2. The van der Waals surface area contributed by atoms with E-state index in [4.69, 9.17) is 55.4 Å². The number of nitrogens with zero attached hydrogens (tertiary/aromatic N) is 8. The van der Waals surface area contributed by atoms with Crippen molar-refractivity contribution in [3.8, 4) is 0 Å². The number of rotatable bonds is 3. The van der Waals surface area contributed by atoms with E-state index in [-0.39, 0.29) is 34.0 Å². The number of ether oxygens (including phenoxy) is 2. The predicted molar refractivity (Wildman–Crippen MR) is 151 cm³/mol. The Morgan fingerprint density at radius 2 is 1.49 bits per heavy atom. The fourth-order valence-corrected chi connectivity index (χ4v) is 7.82. The van der Waals surface area contributed by atoms with Crippen LogP contribution in [0.4, 0.5) is 16.0 Å². The Hall–Kier alpha value is -2.85. The molecule has 45 heavy (non-hydrogen) atoms. The van der Waals surface area contributed by atoms with E-state index in [1.165, 1.54) is 34.4 Å². The molecule has 0 amide bonds. The predicted octanol–water partition coefficient (Wildman–Crippen LogP) is 0.113. The third-order valence-electron chi connectivity index (χ3n) is 7.43. The van der Waals surface area contributed by atoms with Crippen molar-refractivity contribution in [2.75, 3.05) is 31.8 Å². The van der Waals surface area contributed by atoms with Crippen molar-refractivity contribution >= 4 is 60.3 Å². The second-order valence-corrected chi connectivity index (χ2v) is 14.6. The van der Waals surface area contributed by atoms with Crippen LogP contribution in [0.15, 0.2) is 25.3 Å². The maximum atomic E-state index is 16.1. The SMILES string of the molecule is COP1(=O)OC[C@H]2O[C@@H](n3cnc4c(N)ncnc43)C(OP(O)(=S)OC[C@H]3OC(n4cnc5c(N)ncnc54)C(F)C3O1)C2O. The zero-order valence-electron chi connectivity index (χ0n) is 22.9. The van der Waals surface area contributed by atoms with Crippen LogP contribution in [-0.2, 0) is 48.5 Å². The molecule has 7 unspecified atom stereocenters. The molecule has 20 nitrogen and oxygen atoms in total. The zero-order valence-corrected chi connectivity index (χ0v) is 25.5. The summed E-state index contributed by atoms with van der Waals surface area (Å²) in [4.78, 5) is 35.5. The summed E-state index contributed by atoms with van der Waals surface area (Å²) in [6, 6.07) is 0. The number of hydrogen-bond donors (Lipinski definition) is 4. The van der Waals surface area contributed by atoms with Crippen LogP contribution in [0.25, 0.3) is 22.3 Å². The minimum atomic E-state index is -4.56.